The van der Waals surface area contributed by atoms with Crippen LogP contribution in [0.25, 0.3) is 0 Å². The van der Waals surface area contributed by atoms with Gasteiger partial charge < -0.3 is 10.2 Å². The first-order valence-electron chi connectivity index (χ1n) is 8.12. The summed E-state index contributed by atoms with van der Waals surface area (Å²) in [6, 6.07) is 5.98. The van der Waals surface area contributed by atoms with Crippen LogP contribution in [-0.2, 0) is 6.54 Å². The lowest BCUT2D eigenvalue weighted by Crippen LogP contribution is -2.40. The van der Waals surface area contributed by atoms with Crippen LogP contribution in [0.15, 0.2) is 29.4 Å². The van der Waals surface area contributed by atoms with E-state index in [1.54, 1.807) is 0 Å². The molecule has 1 fully saturated rings. The molecule has 0 aliphatic carbocycles. The van der Waals surface area contributed by atoms with E-state index >= 15 is 0 Å². The molecule has 116 valence electrons. The highest BCUT2D eigenvalue weighted by molar-refractivity contribution is 5.80. The summed E-state index contributed by atoms with van der Waals surface area (Å²) in [5.74, 6) is 2.63. The number of hydrogen-bond donors (Lipinski definition) is 1. The molecule has 0 spiro atoms. The number of aliphatic imine (C=N–C) groups is 1. The van der Waals surface area contributed by atoms with Crippen molar-refractivity contribution >= 4 is 5.96 Å². The third-order valence-corrected chi connectivity index (χ3v) is 3.84. The Morgan fingerprint density at radius 3 is 3.00 bits per heavy atom. The third-order valence-electron chi connectivity index (χ3n) is 3.84. The van der Waals surface area contributed by atoms with Crippen LogP contribution >= 0.6 is 0 Å². The second-order valence-electron chi connectivity index (χ2n) is 6.22. The fourth-order valence-corrected chi connectivity index (χ4v) is 2.96. The number of rotatable bonds is 5. The maximum Gasteiger partial charge on any atom is 0.194 e. The predicted molar refractivity (Wildman–Crippen MR) is 88.2 cm³/mol. The van der Waals surface area contributed by atoms with Crippen molar-refractivity contribution < 1.29 is 0 Å². The monoisotopic (exact) mass is 288 g/mol. The molecule has 2 heterocycles. The van der Waals surface area contributed by atoms with Gasteiger partial charge in [0.1, 0.15) is 0 Å². The Morgan fingerprint density at radius 1 is 1.48 bits per heavy atom. The second-order valence-corrected chi connectivity index (χ2v) is 6.22. The molecule has 1 saturated heterocycles. The zero-order valence-corrected chi connectivity index (χ0v) is 13.5. The van der Waals surface area contributed by atoms with Gasteiger partial charge in [0.15, 0.2) is 5.96 Å². The van der Waals surface area contributed by atoms with Crippen molar-refractivity contribution in [1.29, 1.82) is 0 Å². The van der Waals surface area contributed by atoms with Gasteiger partial charge in [0.05, 0.1) is 12.2 Å². The standard InChI is InChI=1S/C17H28N4/c1-4-18-17(20-12-16-7-5-6-9-19-16)21-10-8-15(13-21)11-14(2)3/h5-7,9,14-15H,4,8,10-13H2,1-3H3,(H,18,20). The van der Waals surface area contributed by atoms with Crippen LogP contribution in [0, 0.1) is 11.8 Å². The van der Waals surface area contributed by atoms with Gasteiger partial charge >= 0.3 is 0 Å². The average Bonchev–Trinajstić information content (AvgIpc) is 2.92. The van der Waals surface area contributed by atoms with Gasteiger partial charge in [-0.05, 0) is 43.7 Å². The first kappa shape index (κ1) is 15.8. The van der Waals surface area contributed by atoms with Crippen LogP contribution in [0.2, 0.25) is 0 Å². The van der Waals surface area contributed by atoms with Crippen LogP contribution in [0.1, 0.15) is 39.3 Å². The van der Waals surface area contributed by atoms with Crippen molar-refractivity contribution in [1.82, 2.24) is 15.2 Å². The van der Waals surface area contributed by atoms with E-state index in [1.165, 1.54) is 12.8 Å². The average molecular weight is 288 g/mol. The van der Waals surface area contributed by atoms with E-state index in [9.17, 15) is 0 Å². The third kappa shape index (κ3) is 5.03. The van der Waals surface area contributed by atoms with Gasteiger partial charge in [-0.2, -0.15) is 0 Å². The Bertz CT molecular complexity index is 441. The molecule has 0 aromatic carbocycles. The largest absolute Gasteiger partial charge is 0.357 e. The predicted octanol–water partition coefficient (Wildman–Crippen LogP) is 2.92. The Balaban J connectivity index is 1.95. The van der Waals surface area contributed by atoms with Gasteiger partial charge in [0.2, 0.25) is 0 Å². The van der Waals surface area contributed by atoms with E-state index in [1.807, 2.05) is 24.4 Å². The highest BCUT2D eigenvalue weighted by Gasteiger charge is 2.25. The molecule has 2 rings (SSSR count). The summed E-state index contributed by atoms with van der Waals surface area (Å²) in [5.41, 5.74) is 1.02. The van der Waals surface area contributed by atoms with Crippen molar-refractivity contribution in [2.75, 3.05) is 19.6 Å². The van der Waals surface area contributed by atoms with Gasteiger partial charge in [-0.3, -0.25) is 4.98 Å². The summed E-state index contributed by atoms with van der Waals surface area (Å²) in [5, 5.41) is 3.42. The lowest BCUT2D eigenvalue weighted by Gasteiger charge is -2.22. The van der Waals surface area contributed by atoms with Crippen molar-refractivity contribution in [2.45, 2.75) is 40.2 Å². The van der Waals surface area contributed by atoms with Crippen molar-refractivity contribution in [3.05, 3.63) is 30.1 Å². The second kappa shape index (κ2) is 8.01. The van der Waals surface area contributed by atoms with Crippen LogP contribution in [0.3, 0.4) is 0 Å². The number of guanidine groups is 1. The molecule has 21 heavy (non-hydrogen) atoms. The normalized spacial score (nSPS) is 19.3. The molecule has 1 atom stereocenters. The van der Waals surface area contributed by atoms with Crippen molar-refractivity contribution in [3.8, 4) is 0 Å². The number of hydrogen-bond acceptors (Lipinski definition) is 2. The molecule has 4 heteroatoms. The molecule has 1 N–H and O–H groups in total. The Labute approximate surface area is 128 Å². The first-order chi connectivity index (χ1) is 10.2. The number of aromatic nitrogens is 1. The van der Waals surface area contributed by atoms with E-state index in [4.69, 9.17) is 4.99 Å². The molecule has 4 nitrogen and oxygen atoms in total. The Kier molecular flexibility index (Phi) is 6.03. The van der Waals surface area contributed by atoms with E-state index in [2.05, 4.69) is 36.0 Å². The minimum absolute atomic E-state index is 0.647. The molecule has 0 bridgehead atoms. The molecule has 1 aliphatic heterocycles. The lowest BCUT2D eigenvalue weighted by atomic mass is 9.97. The molecule has 1 aliphatic rings. The molecule has 1 aromatic rings. The molecular formula is C17H28N4. The minimum Gasteiger partial charge on any atom is -0.357 e. The maximum atomic E-state index is 4.75. The van der Waals surface area contributed by atoms with Crippen LogP contribution < -0.4 is 5.32 Å². The van der Waals surface area contributed by atoms with Gasteiger partial charge in [-0.25, -0.2) is 4.99 Å². The van der Waals surface area contributed by atoms with E-state index in [0.29, 0.717) is 6.54 Å². The Morgan fingerprint density at radius 2 is 2.33 bits per heavy atom. The fraction of sp³-hybridized carbons (Fsp3) is 0.647. The lowest BCUT2D eigenvalue weighted by molar-refractivity contribution is 0.403. The minimum atomic E-state index is 0.647. The van der Waals surface area contributed by atoms with E-state index < -0.39 is 0 Å². The topological polar surface area (TPSA) is 40.5 Å². The molecule has 0 amide bonds. The maximum absolute atomic E-state index is 4.75. The summed E-state index contributed by atoms with van der Waals surface area (Å²) in [4.78, 5) is 11.5. The van der Waals surface area contributed by atoms with Crippen molar-refractivity contribution in [3.63, 3.8) is 0 Å². The Hall–Kier alpha value is -1.58. The number of likely N-dealkylation sites (tertiary alicyclic amines) is 1. The molecule has 1 unspecified atom stereocenters. The van der Waals surface area contributed by atoms with Gasteiger partial charge in [0.25, 0.3) is 0 Å². The molecule has 0 radical (unpaired) electrons. The summed E-state index contributed by atoms with van der Waals surface area (Å²) < 4.78 is 0. The highest BCUT2D eigenvalue weighted by Crippen LogP contribution is 2.23. The van der Waals surface area contributed by atoms with E-state index in [0.717, 1.165) is 43.1 Å². The van der Waals surface area contributed by atoms with E-state index in [-0.39, 0.29) is 0 Å². The van der Waals surface area contributed by atoms with Crippen LogP contribution in [-0.4, -0.2) is 35.5 Å². The van der Waals surface area contributed by atoms with Crippen LogP contribution in [0.5, 0.6) is 0 Å². The summed E-state index contributed by atoms with van der Waals surface area (Å²) >= 11 is 0. The van der Waals surface area contributed by atoms with Gasteiger partial charge in [0, 0.05) is 25.8 Å². The van der Waals surface area contributed by atoms with Crippen LogP contribution in [0.4, 0.5) is 0 Å². The smallest absolute Gasteiger partial charge is 0.194 e. The fourth-order valence-electron chi connectivity index (χ4n) is 2.96. The number of pyridine rings is 1. The number of nitrogens with one attached hydrogen (secondary N) is 1. The first-order valence-corrected chi connectivity index (χ1v) is 8.12. The molecule has 1 aromatic heterocycles. The van der Waals surface area contributed by atoms with Gasteiger partial charge in [-0.15, -0.1) is 0 Å². The highest BCUT2D eigenvalue weighted by atomic mass is 15.3. The molecular weight excluding hydrogens is 260 g/mol. The van der Waals surface area contributed by atoms with Crippen molar-refractivity contribution in [2.24, 2.45) is 16.8 Å². The zero-order chi connectivity index (χ0) is 15.1. The summed E-state index contributed by atoms with van der Waals surface area (Å²) in [6.07, 6.45) is 4.43. The zero-order valence-electron chi connectivity index (χ0n) is 13.5. The number of nitrogens with zero attached hydrogens (tertiary/aromatic N) is 3. The SMILES string of the molecule is CCNC(=NCc1ccccn1)N1CCC(CC(C)C)C1. The van der Waals surface area contributed by atoms with Gasteiger partial charge in [-0.1, -0.05) is 19.9 Å². The quantitative estimate of drug-likeness (QED) is 0.669. The molecule has 0 saturated carbocycles. The summed E-state index contributed by atoms with van der Waals surface area (Å²) in [6.45, 7) is 10.5. The summed E-state index contributed by atoms with van der Waals surface area (Å²) in [7, 11) is 0.